The van der Waals surface area contributed by atoms with Crippen LogP contribution in [-0.4, -0.2) is 15.8 Å². The number of aromatic nitrogens is 2. The highest BCUT2D eigenvalue weighted by Gasteiger charge is 2.17. The molecule has 1 aromatic carbocycles. The molecule has 94 valence electrons. The standard InChI is InChI=1S/C14H10FN3O/c15-12-6-8(16)3-4-10(12)13(19)11-7-18-14-9(11)2-1-5-17-14/h1-7H,16H2,(H,17,18). The molecule has 19 heavy (non-hydrogen) atoms. The number of halogens is 1. The summed E-state index contributed by atoms with van der Waals surface area (Å²) in [6, 6.07) is 7.53. The Morgan fingerprint density at radius 1 is 1.26 bits per heavy atom. The Balaban J connectivity index is 2.13. The summed E-state index contributed by atoms with van der Waals surface area (Å²) in [5.74, 6) is -1.01. The first-order valence-electron chi connectivity index (χ1n) is 5.68. The monoisotopic (exact) mass is 255 g/mol. The third kappa shape index (κ3) is 1.85. The number of H-pyrrole nitrogens is 1. The molecule has 0 aliphatic carbocycles. The molecule has 0 spiro atoms. The van der Waals surface area contributed by atoms with Crippen LogP contribution >= 0.6 is 0 Å². The minimum Gasteiger partial charge on any atom is -0.399 e. The first-order chi connectivity index (χ1) is 9.16. The highest BCUT2D eigenvalue weighted by atomic mass is 19.1. The molecule has 0 fully saturated rings. The van der Waals surface area contributed by atoms with Crippen LogP contribution in [-0.2, 0) is 0 Å². The maximum absolute atomic E-state index is 13.8. The molecular formula is C14H10FN3O. The molecular weight excluding hydrogens is 245 g/mol. The number of nitrogens with two attached hydrogens (primary N) is 1. The van der Waals surface area contributed by atoms with E-state index in [1.54, 1.807) is 18.3 Å². The van der Waals surface area contributed by atoms with Crippen molar-refractivity contribution < 1.29 is 9.18 Å². The van der Waals surface area contributed by atoms with Crippen molar-refractivity contribution in [2.45, 2.75) is 0 Å². The Hall–Kier alpha value is -2.69. The summed E-state index contributed by atoms with van der Waals surface area (Å²) in [6.45, 7) is 0. The van der Waals surface area contributed by atoms with Gasteiger partial charge in [-0.15, -0.1) is 0 Å². The summed E-state index contributed by atoms with van der Waals surface area (Å²) < 4.78 is 13.8. The third-order valence-corrected chi connectivity index (χ3v) is 2.93. The second-order valence-corrected chi connectivity index (χ2v) is 4.17. The summed E-state index contributed by atoms with van der Waals surface area (Å²) in [4.78, 5) is 19.3. The highest BCUT2D eigenvalue weighted by molar-refractivity contribution is 6.16. The van der Waals surface area contributed by atoms with Crippen molar-refractivity contribution in [2.24, 2.45) is 0 Å². The summed E-state index contributed by atoms with van der Waals surface area (Å²) in [6.07, 6.45) is 3.16. The van der Waals surface area contributed by atoms with Gasteiger partial charge in [0.2, 0.25) is 0 Å². The number of pyridine rings is 1. The number of nitrogens with zero attached hydrogens (tertiary/aromatic N) is 1. The van der Waals surface area contributed by atoms with Crippen molar-refractivity contribution in [2.75, 3.05) is 5.73 Å². The number of carbonyl (C=O) groups is 1. The van der Waals surface area contributed by atoms with E-state index in [0.29, 0.717) is 16.6 Å². The van der Waals surface area contributed by atoms with Gasteiger partial charge in [0, 0.05) is 29.0 Å². The average Bonchev–Trinajstić information content (AvgIpc) is 2.82. The molecule has 0 radical (unpaired) electrons. The van der Waals surface area contributed by atoms with E-state index < -0.39 is 11.6 Å². The van der Waals surface area contributed by atoms with E-state index in [1.807, 2.05) is 0 Å². The lowest BCUT2D eigenvalue weighted by Crippen LogP contribution is -2.04. The Morgan fingerprint density at radius 2 is 2.11 bits per heavy atom. The first-order valence-corrected chi connectivity index (χ1v) is 5.68. The van der Waals surface area contributed by atoms with E-state index in [-0.39, 0.29) is 11.3 Å². The zero-order chi connectivity index (χ0) is 13.4. The lowest BCUT2D eigenvalue weighted by atomic mass is 10.0. The molecule has 0 amide bonds. The lowest BCUT2D eigenvalue weighted by Gasteiger charge is -2.02. The molecule has 0 saturated carbocycles. The second kappa shape index (κ2) is 4.20. The third-order valence-electron chi connectivity index (χ3n) is 2.93. The number of hydrogen-bond acceptors (Lipinski definition) is 3. The smallest absolute Gasteiger partial charge is 0.198 e. The number of hydrogen-bond donors (Lipinski definition) is 2. The fourth-order valence-electron chi connectivity index (χ4n) is 2.00. The van der Waals surface area contributed by atoms with Gasteiger partial charge in [-0.05, 0) is 30.3 Å². The van der Waals surface area contributed by atoms with Gasteiger partial charge in [-0.25, -0.2) is 9.37 Å². The van der Waals surface area contributed by atoms with Gasteiger partial charge in [0.1, 0.15) is 11.5 Å². The van der Waals surface area contributed by atoms with E-state index in [9.17, 15) is 9.18 Å². The van der Waals surface area contributed by atoms with Crippen LogP contribution in [0.1, 0.15) is 15.9 Å². The first kappa shape index (κ1) is 11.4. The number of aromatic amines is 1. The van der Waals surface area contributed by atoms with E-state index in [1.165, 1.54) is 18.3 Å². The number of rotatable bonds is 2. The van der Waals surface area contributed by atoms with Crippen molar-refractivity contribution in [1.29, 1.82) is 0 Å². The average molecular weight is 255 g/mol. The molecule has 0 bridgehead atoms. The van der Waals surface area contributed by atoms with Gasteiger partial charge in [-0.1, -0.05) is 0 Å². The van der Waals surface area contributed by atoms with Gasteiger partial charge in [0.15, 0.2) is 5.78 Å². The topological polar surface area (TPSA) is 71.8 Å². The van der Waals surface area contributed by atoms with Crippen LogP contribution in [0.4, 0.5) is 10.1 Å². The van der Waals surface area contributed by atoms with Crippen molar-refractivity contribution in [3.05, 3.63) is 59.7 Å². The van der Waals surface area contributed by atoms with Gasteiger partial charge >= 0.3 is 0 Å². The maximum Gasteiger partial charge on any atom is 0.198 e. The molecule has 4 nitrogen and oxygen atoms in total. The van der Waals surface area contributed by atoms with Crippen molar-refractivity contribution in [3.63, 3.8) is 0 Å². The van der Waals surface area contributed by atoms with Crippen LogP contribution in [0, 0.1) is 5.82 Å². The van der Waals surface area contributed by atoms with Crippen molar-refractivity contribution in [1.82, 2.24) is 9.97 Å². The molecule has 0 atom stereocenters. The van der Waals surface area contributed by atoms with Crippen LogP contribution in [0.3, 0.4) is 0 Å². The minimum atomic E-state index is -0.622. The SMILES string of the molecule is Nc1ccc(C(=O)c2c[nH]c3ncccc23)c(F)c1. The van der Waals surface area contributed by atoms with Crippen molar-refractivity contribution >= 4 is 22.5 Å². The maximum atomic E-state index is 13.8. The number of anilines is 1. The zero-order valence-corrected chi connectivity index (χ0v) is 9.85. The normalized spacial score (nSPS) is 10.8. The summed E-state index contributed by atoms with van der Waals surface area (Å²) in [5.41, 5.74) is 6.75. The summed E-state index contributed by atoms with van der Waals surface area (Å²) in [7, 11) is 0. The predicted molar refractivity (Wildman–Crippen MR) is 70.3 cm³/mol. The molecule has 2 aromatic heterocycles. The van der Waals surface area contributed by atoms with E-state index >= 15 is 0 Å². The van der Waals surface area contributed by atoms with Gasteiger partial charge in [0.05, 0.1) is 5.56 Å². The fraction of sp³-hybridized carbons (Fsp3) is 0. The molecule has 3 N–H and O–H groups in total. The van der Waals surface area contributed by atoms with E-state index in [0.717, 1.165) is 6.07 Å². The van der Waals surface area contributed by atoms with E-state index in [2.05, 4.69) is 9.97 Å². The fourth-order valence-corrected chi connectivity index (χ4v) is 2.00. The van der Waals surface area contributed by atoms with Crippen molar-refractivity contribution in [3.8, 4) is 0 Å². The van der Waals surface area contributed by atoms with Gasteiger partial charge in [-0.2, -0.15) is 0 Å². The lowest BCUT2D eigenvalue weighted by molar-refractivity contribution is 0.103. The molecule has 0 saturated heterocycles. The van der Waals surface area contributed by atoms with E-state index in [4.69, 9.17) is 5.73 Å². The number of nitrogen functional groups attached to an aromatic ring is 1. The molecule has 0 unspecified atom stereocenters. The Kier molecular flexibility index (Phi) is 2.52. The summed E-state index contributed by atoms with van der Waals surface area (Å²) >= 11 is 0. The van der Waals surface area contributed by atoms with Crippen LogP contribution < -0.4 is 5.73 Å². The largest absolute Gasteiger partial charge is 0.399 e. The second-order valence-electron chi connectivity index (χ2n) is 4.17. The molecule has 3 rings (SSSR count). The Bertz CT molecular complexity index is 779. The zero-order valence-electron chi connectivity index (χ0n) is 9.85. The molecule has 0 aliphatic rings. The number of nitrogens with one attached hydrogen (secondary N) is 1. The van der Waals surface area contributed by atoms with Gasteiger partial charge in [0.25, 0.3) is 0 Å². The number of fused-ring (bicyclic) bond motifs is 1. The number of ketones is 1. The molecule has 0 aliphatic heterocycles. The Labute approximate surface area is 108 Å². The highest BCUT2D eigenvalue weighted by Crippen LogP contribution is 2.21. The number of carbonyl (C=O) groups excluding carboxylic acids is 1. The molecule has 3 aromatic rings. The van der Waals surface area contributed by atoms with Gasteiger partial charge in [-0.3, -0.25) is 4.79 Å². The van der Waals surface area contributed by atoms with Gasteiger partial charge < -0.3 is 10.7 Å². The quantitative estimate of drug-likeness (QED) is 0.546. The summed E-state index contributed by atoms with van der Waals surface area (Å²) in [5, 5.41) is 0.670. The predicted octanol–water partition coefficient (Wildman–Crippen LogP) is 2.52. The van der Waals surface area contributed by atoms with Crippen LogP contribution in [0.15, 0.2) is 42.7 Å². The van der Waals surface area contributed by atoms with Crippen LogP contribution in [0.25, 0.3) is 11.0 Å². The van der Waals surface area contributed by atoms with Crippen LogP contribution in [0.2, 0.25) is 0 Å². The number of benzene rings is 1. The van der Waals surface area contributed by atoms with Crippen LogP contribution in [0.5, 0.6) is 0 Å². The molecule has 5 heteroatoms. The minimum absolute atomic E-state index is 0.000969. The molecule has 2 heterocycles. The Morgan fingerprint density at radius 3 is 2.89 bits per heavy atom.